The smallest absolute Gasteiger partial charge is 0.243 e. The van der Waals surface area contributed by atoms with Crippen LogP contribution in [0.2, 0.25) is 0 Å². The molecule has 0 unspecified atom stereocenters. The van der Waals surface area contributed by atoms with Crippen LogP contribution < -0.4 is 14.8 Å². The maximum absolute atomic E-state index is 12.8. The van der Waals surface area contributed by atoms with Crippen LogP contribution >= 0.6 is 0 Å². The Morgan fingerprint density at radius 2 is 1.86 bits per heavy atom. The average Bonchev–Trinajstić information content (AvgIpc) is 2.69. The SMILES string of the molecule is CCc1cccc(C)c1NC(=O)CN(C)S(=O)(=O)c1ccc2c(c1)OCCO2. The summed E-state index contributed by atoms with van der Waals surface area (Å²) in [7, 11) is -2.47. The van der Waals surface area contributed by atoms with Crippen LogP contribution in [0, 0.1) is 6.92 Å². The zero-order chi connectivity index (χ0) is 20.3. The molecule has 3 rings (SSSR count). The Balaban J connectivity index is 1.75. The highest BCUT2D eigenvalue weighted by Crippen LogP contribution is 2.33. The van der Waals surface area contributed by atoms with Crippen molar-refractivity contribution in [3.63, 3.8) is 0 Å². The molecule has 1 heterocycles. The zero-order valence-electron chi connectivity index (χ0n) is 16.2. The molecule has 0 aliphatic carbocycles. The van der Waals surface area contributed by atoms with Gasteiger partial charge in [-0.15, -0.1) is 0 Å². The van der Waals surface area contributed by atoms with Gasteiger partial charge in [0.1, 0.15) is 13.2 Å². The summed E-state index contributed by atoms with van der Waals surface area (Å²) in [5.41, 5.74) is 2.68. The second-order valence-corrected chi connectivity index (χ2v) is 8.62. The number of ether oxygens (including phenoxy) is 2. The molecule has 0 saturated heterocycles. The van der Waals surface area contributed by atoms with Crippen molar-refractivity contribution in [2.45, 2.75) is 25.2 Å². The number of nitrogens with one attached hydrogen (secondary N) is 1. The van der Waals surface area contributed by atoms with Crippen LogP contribution in [0.3, 0.4) is 0 Å². The Morgan fingerprint density at radius 1 is 1.14 bits per heavy atom. The summed E-state index contributed by atoms with van der Waals surface area (Å²) >= 11 is 0. The van der Waals surface area contributed by atoms with Crippen molar-refractivity contribution in [1.82, 2.24) is 4.31 Å². The van der Waals surface area contributed by atoms with Crippen LogP contribution in [0.5, 0.6) is 11.5 Å². The largest absolute Gasteiger partial charge is 0.486 e. The minimum atomic E-state index is -3.85. The molecule has 1 amide bonds. The number of aryl methyl sites for hydroxylation is 2. The van der Waals surface area contributed by atoms with E-state index in [0.29, 0.717) is 24.7 Å². The van der Waals surface area contributed by atoms with Gasteiger partial charge in [0.2, 0.25) is 15.9 Å². The van der Waals surface area contributed by atoms with Gasteiger partial charge in [-0.1, -0.05) is 25.1 Å². The lowest BCUT2D eigenvalue weighted by Crippen LogP contribution is -2.35. The van der Waals surface area contributed by atoms with Gasteiger partial charge in [0.05, 0.1) is 11.4 Å². The molecule has 0 fully saturated rings. The molecule has 150 valence electrons. The number of likely N-dealkylation sites (N-methyl/N-ethyl adjacent to an activating group) is 1. The summed E-state index contributed by atoms with van der Waals surface area (Å²) in [6.45, 7) is 4.41. The second kappa shape index (κ2) is 8.20. The number of amides is 1. The fourth-order valence-electron chi connectivity index (χ4n) is 3.03. The molecule has 2 aromatic carbocycles. The number of hydrogen-bond donors (Lipinski definition) is 1. The topological polar surface area (TPSA) is 84.9 Å². The lowest BCUT2D eigenvalue weighted by Gasteiger charge is -2.21. The lowest BCUT2D eigenvalue weighted by molar-refractivity contribution is -0.116. The average molecular weight is 404 g/mol. The van der Waals surface area contributed by atoms with E-state index in [9.17, 15) is 13.2 Å². The van der Waals surface area contributed by atoms with Crippen LogP contribution in [0.4, 0.5) is 5.69 Å². The number of hydrogen-bond acceptors (Lipinski definition) is 5. The van der Waals surface area contributed by atoms with Gasteiger partial charge in [-0.3, -0.25) is 4.79 Å². The Hall–Kier alpha value is -2.58. The van der Waals surface area contributed by atoms with Gasteiger partial charge in [-0.25, -0.2) is 8.42 Å². The van der Waals surface area contributed by atoms with E-state index in [1.54, 1.807) is 6.07 Å². The highest BCUT2D eigenvalue weighted by Gasteiger charge is 2.25. The first-order chi connectivity index (χ1) is 13.3. The number of anilines is 1. The van der Waals surface area contributed by atoms with Gasteiger partial charge in [0.25, 0.3) is 0 Å². The zero-order valence-corrected chi connectivity index (χ0v) is 17.0. The van der Waals surface area contributed by atoms with E-state index in [-0.39, 0.29) is 11.4 Å². The molecule has 1 aliphatic heterocycles. The molecule has 2 aromatic rings. The van der Waals surface area contributed by atoms with Crippen molar-refractivity contribution in [2.75, 3.05) is 32.1 Å². The van der Waals surface area contributed by atoms with E-state index in [1.807, 2.05) is 32.0 Å². The third-order valence-electron chi connectivity index (χ3n) is 4.59. The Labute approximate surface area is 165 Å². The van der Waals surface area contributed by atoms with E-state index >= 15 is 0 Å². The summed E-state index contributed by atoms with van der Waals surface area (Å²) in [6, 6.07) is 10.2. The van der Waals surface area contributed by atoms with Crippen LogP contribution in [0.15, 0.2) is 41.3 Å². The Kier molecular flexibility index (Phi) is 5.90. The lowest BCUT2D eigenvalue weighted by atomic mass is 10.1. The van der Waals surface area contributed by atoms with Crippen molar-refractivity contribution in [3.05, 3.63) is 47.5 Å². The molecule has 7 nitrogen and oxygen atoms in total. The number of rotatable bonds is 6. The summed E-state index contributed by atoms with van der Waals surface area (Å²) in [5.74, 6) is 0.502. The molecule has 8 heteroatoms. The number of carbonyl (C=O) groups is 1. The van der Waals surface area contributed by atoms with Crippen LogP contribution in [-0.2, 0) is 21.2 Å². The number of para-hydroxylation sites is 1. The molecule has 0 bridgehead atoms. The molecule has 0 atom stereocenters. The predicted octanol–water partition coefficient (Wildman–Crippen LogP) is 2.59. The van der Waals surface area contributed by atoms with Crippen molar-refractivity contribution in [1.29, 1.82) is 0 Å². The molecular weight excluding hydrogens is 380 g/mol. The third-order valence-corrected chi connectivity index (χ3v) is 6.39. The van der Waals surface area contributed by atoms with Crippen LogP contribution in [0.25, 0.3) is 0 Å². The molecule has 0 spiro atoms. The van der Waals surface area contributed by atoms with Gasteiger partial charge in [-0.2, -0.15) is 4.31 Å². The first-order valence-electron chi connectivity index (χ1n) is 9.07. The highest BCUT2D eigenvalue weighted by molar-refractivity contribution is 7.89. The van der Waals surface area contributed by atoms with E-state index < -0.39 is 15.9 Å². The number of sulfonamides is 1. The molecule has 28 heavy (non-hydrogen) atoms. The van der Waals surface area contributed by atoms with Crippen molar-refractivity contribution in [2.24, 2.45) is 0 Å². The van der Waals surface area contributed by atoms with Gasteiger partial charge in [0.15, 0.2) is 11.5 Å². The number of nitrogens with zero attached hydrogens (tertiary/aromatic N) is 1. The molecule has 0 saturated carbocycles. The molecule has 0 radical (unpaired) electrons. The summed E-state index contributed by atoms with van der Waals surface area (Å²) in [5, 5.41) is 2.84. The second-order valence-electron chi connectivity index (χ2n) is 6.58. The van der Waals surface area contributed by atoms with Gasteiger partial charge in [0, 0.05) is 18.8 Å². The van der Waals surface area contributed by atoms with E-state index in [0.717, 1.165) is 27.5 Å². The van der Waals surface area contributed by atoms with Crippen LogP contribution in [-0.4, -0.2) is 45.4 Å². The van der Waals surface area contributed by atoms with Crippen LogP contribution in [0.1, 0.15) is 18.1 Å². The minimum Gasteiger partial charge on any atom is -0.486 e. The van der Waals surface area contributed by atoms with Gasteiger partial charge < -0.3 is 14.8 Å². The van der Waals surface area contributed by atoms with Crippen molar-refractivity contribution in [3.8, 4) is 11.5 Å². The first-order valence-corrected chi connectivity index (χ1v) is 10.5. The molecule has 0 aromatic heterocycles. The molecule has 1 aliphatic rings. The van der Waals surface area contributed by atoms with Gasteiger partial charge >= 0.3 is 0 Å². The number of fused-ring (bicyclic) bond motifs is 1. The quantitative estimate of drug-likeness (QED) is 0.800. The summed E-state index contributed by atoms with van der Waals surface area (Å²) in [4.78, 5) is 12.5. The normalized spacial score (nSPS) is 13.4. The van der Waals surface area contributed by atoms with E-state index in [4.69, 9.17) is 9.47 Å². The van der Waals surface area contributed by atoms with Gasteiger partial charge in [-0.05, 0) is 36.6 Å². The maximum Gasteiger partial charge on any atom is 0.243 e. The number of carbonyl (C=O) groups excluding carboxylic acids is 1. The monoisotopic (exact) mass is 404 g/mol. The fraction of sp³-hybridized carbons (Fsp3) is 0.350. The highest BCUT2D eigenvalue weighted by atomic mass is 32.2. The Morgan fingerprint density at radius 3 is 2.57 bits per heavy atom. The fourth-order valence-corrected chi connectivity index (χ4v) is 4.18. The van der Waals surface area contributed by atoms with E-state index in [1.165, 1.54) is 19.2 Å². The van der Waals surface area contributed by atoms with E-state index in [2.05, 4.69) is 5.32 Å². The van der Waals surface area contributed by atoms with Crippen molar-refractivity contribution >= 4 is 21.6 Å². The molecule has 1 N–H and O–H groups in total. The minimum absolute atomic E-state index is 0.0530. The summed E-state index contributed by atoms with van der Waals surface area (Å²) in [6.07, 6.45) is 0.766. The first kappa shape index (κ1) is 20.2. The predicted molar refractivity (Wildman–Crippen MR) is 106 cm³/mol. The Bertz CT molecular complexity index is 988. The molecular formula is C20H24N2O5S. The number of benzene rings is 2. The van der Waals surface area contributed by atoms with Crippen molar-refractivity contribution < 1.29 is 22.7 Å². The maximum atomic E-state index is 12.8. The third kappa shape index (κ3) is 4.13. The summed E-state index contributed by atoms with van der Waals surface area (Å²) < 4.78 is 37.6. The standard InChI is InChI=1S/C20H24N2O5S/c1-4-15-7-5-6-14(2)20(15)21-19(23)13-22(3)28(24,25)16-8-9-17-18(12-16)27-11-10-26-17/h5-9,12H,4,10-11,13H2,1-3H3,(H,21,23).